The van der Waals surface area contributed by atoms with Gasteiger partial charge in [0.05, 0.1) is 12.1 Å². The first-order chi connectivity index (χ1) is 16.1. The van der Waals surface area contributed by atoms with E-state index in [0.717, 1.165) is 61.8 Å². The molecule has 1 saturated carbocycles. The lowest BCUT2D eigenvalue weighted by Gasteiger charge is -2.35. The summed E-state index contributed by atoms with van der Waals surface area (Å²) in [5.41, 5.74) is 3.25. The highest BCUT2D eigenvalue weighted by molar-refractivity contribution is 5.90. The van der Waals surface area contributed by atoms with E-state index in [9.17, 15) is 9.59 Å². The molecule has 1 aliphatic carbocycles. The van der Waals surface area contributed by atoms with E-state index in [1.165, 1.54) is 6.42 Å². The Morgan fingerprint density at radius 3 is 2.48 bits per heavy atom. The molecule has 3 unspecified atom stereocenters. The van der Waals surface area contributed by atoms with E-state index < -0.39 is 6.04 Å². The molecule has 2 aromatic rings. The minimum absolute atomic E-state index is 0.00150. The van der Waals surface area contributed by atoms with Crippen LogP contribution in [0.15, 0.2) is 48.8 Å². The predicted molar refractivity (Wildman–Crippen MR) is 130 cm³/mol. The number of benzene rings is 1. The first-order valence-corrected chi connectivity index (χ1v) is 12.4. The van der Waals surface area contributed by atoms with Crippen molar-refractivity contribution in [3.8, 4) is 11.1 Å². The summed E-state index contributed by atoms with van der Waals surface area (Å²) in [5.74, 6) is 0.158. The van der Waals surface area contributed by atoms with Gasteiger partial charge in [0, 0.05) is 24.5 Å². The van der Waals surface area contributed by atoms with Crippen LogP contribution < -0.4 is 10.6 Å². The topological polar surface area (TPSA) is 74.3 Å². The third-order valence-corrected chi connectivity index (χ3v) is 7.30. The summed E-state index contributed by atoms with van der Waals surface area (Å²) in [6, 6.07) is 11.6. The molecule has 33 heavy (non-hydrogen) atoms. The van der Waals surface area contributed by atoms with Gasteiger partial charge >= 0.3 is 0 Å². The van der Waals surface area contributed by atoms with E-state index in [0.29, 0.717) is 0 Å². The van der Waals surface area contributed by atoms with E-state index >= 15 is 0 Å². The first kappa shape index (κ1) is 23.4. The van der Waals surface area contributed by atoms with Gasteiger partial charge in [-0.05, 0) is 62.8 Å². The van der Waals surface area contributed by atoms with Gasteiger partial charge in [-0.25, -0.2) is 0 Å². The van der Waals surface area contributed by atoms with Crippen molar-refractivity contribution < 1.29 is 9.59 Å². The van der Waals surface area contributed by atoms with Crippen LogP contribution in [0.3, 0.4) is 0 Å². The molecule has 176 valence electrons. The second-order valence-electron chi connectivity index (χ2n) is 9.46. The molecular formula is C27H36N4O2. The van der Waals surface area contributed by atoms with Crippen molar-refractivity contribution >= 4 is 11.8 Å². The Morgan fingerprint density at radius 2 is 1.76 bits per heavy atom. The highest BCUT2D eigenvalue weighted by atomic mass is 16.2. The molecule has 2 N–H and O–H groups in total. The number of nitrogens with zero attached hydrogens (tertiary/aromatic N) is 2. The molecule has 6 nitrogen and oxygen atoms in total. The SMILES string of the molecule is CNC(C)C(=O)NC(C(=O)N1CCCC1c1cncc(-c2ccccc2)c1)C1CCCCC1. The molecule has 0 spiro atoms. The highest BCUT2D eigenvalue weighted by Gasteiger charge is 2.39. The van der Waals surface area contributed by atoms with E-state index in [1.807, 2.05) is 42.4 Å². The van der Waals surface area contributed by atoms with Crippen LogP contribution in [-0.2, 0) is 9.59 Å². The molecule has 1 aromatic carbocycles. The number of likely N-dealkylation sites (N-methyl/N-ethyl adjacent to an activating group) is 1. The first-order valence-electron chi connectivity index (χ1n) is 12.4. The fourth-order valence-corrected chi connectivity index (χ4v) is 5.24. The van der Waals surface area contributed by atoms with Crippen molar-refractivity contribution in [1.29, 1.82) is 0 Å². The Balaban J connectivity index is 1.57. The molecule has 0 radical (unpaired) electrons. The van der Waals surface area contributed by atoms with Crippen LogP contribution in [0.1, 0.15) is 63.5 Å². The van der Waals surface area contributed by atoms with Crippen LogP contribution in [-0.4, -0.2) is 47.4 Å². The molecule has 3 atom stereocenters. The molecule has 6 heteroatoms. The highest BCUT2D eigenvalue weighted by Crippen LogP contribution is 2.36. The summed E-state index contributed by atoms with van der Waals surface area (Å²) in [7, 11) is 1.77. The number of hydrogen-bond donors (Lipinski definition) is 2. The lowest BCUT2D eigenvalue weighted by atomic mass is 9.83. The van der Waals surface area contributed by atoms with Crippen molar-refractivity contribution in [2.24, 2.45) is 5.92 Å². The number of aromatic nitrogens is 1. The summed E-state index contributed by atoms with van der Waals surface area (Å²) >= 11 is 0. The predicted octanol–water partition coefficient (Wildman–Crippen LogP) is 4.09. The maximum absolute atomic E-state index is 13.9. The number of carbonyl (C=O) groups excluding carboxylic acids is 2. The fraction of sp³-hybridized carbons (Fsp3) is 0.519. The van der Waals surface area contributed by atoms with Gasteiger partial charge in [-0.2, -0.15) is 0 Å². The zero-order chi connectivity index (χ0) is 23.2. The standard InChI is InChI=1S/C27H36N4O2/c1-19(28-2)26(32)30-25(21-12-7-4-8-13-21)27(33)31-15-9-14-24(31)23-16-22(17-29-18-23)20-10-5-3-6-11-20/h3,5-6,10-11,16-19,21,24-25,28H,4,7-9,12-15H2,1-2H3,(H,30,32). The van der Waals surface area contributed by atoms with E-state index in [1.54, 1.807) is 7.05 Å². The summed E-state index contributed by atoms with van der Waals surface area (Å²) in [6.07, 6.45) is 11.1. The Bertz CT molecular complexity index is 942. The zero-order valence-corrected chi connectivity index (χ0v) is 19.8. The molecule has 2 aliphatic rings. The third-order valence-electron chi connectivity index (χ3n) is 7.30. The largest absolute Gasteiger partial charge is 0.343 e. The van der Waals surface area contributed by atoms with E-state index in [2.05, 4.69) is 33.8 Å². The van der Waals surface area contributed by atoms with Gasteiger partial charge in [0.2, 0.25) is 11.8 Å². The third kappa shape index (κ3) is 5.44. The normalized spacial score (nSPS) is 20.9. The average molecular weight is 449 g/mol. The monoisotopic (exact) mass is 448 g/mol. The summed E-state index contributed by atoms with van der Waals surface area (Å²) in [4.78, 5) is 33.1. The van der Waals surface area contributed by atoms with Gasteiger partial charge in [-0.1, -0.05) is 49.6 Å². The molecule has 2 amide bonds. The van der Waals surface area contributed by atoms with E-state index in [4.69, 9.17) is 0 Å². The number of nitrogens with one attached hydrogen (secondary N) is 2. The minimum Gasteiger partial charge on any atom is -0.343 e. The van der Waals surface area contributed by atoms with Crippen LogP contribution in [0.5, 0.6) is 0 Å². The van der Waals surface area contributed by atoms with Gasteiger partial charge in [0.1, 0.15) is 6.04 Å². The molecule has 1 aromatic heterocycles. The Labute approximate surface area is 197 Å². The molecule has 4 rings (SSSR count). The Kier molecular flexibility index (Phi) is 7.76. The Hall–Kier alpha value is -2.73. The maximum Gasteiger partial charge on any atom is 0.245 e. The number of carbonyl (C=O) groups is 2. The van der Waals surface area contributed by atoms with E-state index in [-0.39, 0.29) is 29.8 Å². The molecular weight excluding hydrogens is 412 g/mol. The smallest absolute Gasteiger partial charge is 0.245 e. The Morgan fingerprint density at radius 1 is 1.00 bits per heavy atom. The van der Waals surface area contributed by atoms with Gasteiger partial charge in [-0.3, -0.25) is 14.6 Å². The number of pyridine rings is 1. The van der Waals surface area contributed by atoms with Gasteiger partial charge < -0.3 is 15.5 Å². The second kappa shape index (κ2) is 10.9. The number of amides is 2. The van der Waals surface area contributed by atoms with Crippen LogP contribution in [0.25, 0.3) is 11.1 Å². The van der Waals surface area contributed by atoms with Gasteiger partial charge in [-0.15, -0.1) is 0 Å². The number of hydrogen-bond acceptors (Lipinski definition) is 4. The van der Waals surface area contributed by atoms with Gasteiger partial charge in [0.15, 0.2) is 0 Å². The fourth-order valence-electron chi connectivity index (χ4n) is 5.24. The number of likely N-dealkylation sites (tertiary alicyclic amines) is 1. The van der Waals surface area contributed by atoms with Crippen LogP contribution in [0.4, 0.5) is 0 Å². The van der Waals surface area contributed by atoms with Crippen molar-refractivity contribution in [3.05, 3.63) is 54.4 Å². The summed E-state index contributed by atoms with van der Waals surface area (Å²) < 4.78 is 0. The van der Waals surface area contributed by atoms with Crippen LogP contribution >= 0.6 is 0 Å². The molecule has 2 fully saturated rings. The summed E-state index contributed by atoms with van der Waals surface area (Å²) in [6.45, 7) is 2.55. The average Bonchev–Trinajstić information content (AvgIpc) is 3.37. The quantitative estimate of drug-likeness (QED) is 0.669. The van der Waals surface area contributed by atoms with Crippen LogP contribution in [0, 0.1) is 5.92 Å². The lowest BCUT2D eigenvalue weighted by Crippen LogP contribution is -2.55. The number of rotatable bonds is 7. The van der Waals surface area contributed by atoms with Crippen molar-refractivity contribution in [2.75, 3.05) is 13.6 Å². The zero-order valence-electron chi connectivity index (χ0n) is 19.8. The molecule has 0 bridgehead atoms. The minimum atomic E-state index is -0.459. The van der Waals surface area contributed by atoms with Crippen LogP contribution in [0.2, 0.25) is 0 Å². The van der Waals surface area contributed by atoms with Gasteiger partial charge in [0.25, 0.3) is 0 Å². The molecule has 1 aliphatic heterocycles. The maximum atomic E-state index is 13.9. The van der Waals surface area contributed by atoms with Crippen molar-refractivity contribution in [3.63, 3.8) is 0 Å². The van der Waals surface area contributed by atoms with Crippen molar-refractivity contribution in [1.82, 2.24) is 20.5 Å². The summed E-state index contributed by atoms with van der Waals surface area (Å²) in [5, 5.41) is 6.11. The second-order valence-corrected chi connectivity index (χ2v) is 9.46. The van der Waals surface area contributed by atoms with Crippen molar-refractivity contribution in [2.45, 2.75) is 70.0 Å². The molecule has 2 heterocycles. The lowest BCUT2D eigenvalue weighted by molar-refractivity contribution is -0.139. The molecule has 1 saturated heterocycles.